The van der Waals surface area contributed by atoms with Gasteiger partial charge in [0.15, 0.2) is 11.6 Å². The number of carbonyl (C=O) groups excluding carboxylic acids is 3. The first-order valence-corrected chi connectivity index (χ1v) is 6.78. The maximum atomic E-state index is 12.0. The molecule has 0 saturated carbocycles. The molecule has 0 heterocycles. The number of fused-ring (bicyclic) bond motifs is 1. The highest BCUT2D eigenvalue weighted by molar-refractivity contribution is 6.16. The van der Waals surface area contributed by atoms with Gasteiger partial charge in [-0.2, -0.15) is 0 Å². The highest BCUT2D eigenvalue weighted by Gasteiger charge is 2.17. The summed E-state index contributed by atoms with van der Waals surface area (Å²) in [5.41, 5.74) is 0.991. The van der Waals surface area contributed by atoms with E-state index in [0.717, 1.165) is 0 Å². The molecule has 0 unspecified atom stereocenters. The molecule has 0 saturated heterocycles. The Morgan fingerprint density at radius 1 is 0.909 bits per heavy atom. The molecule has 0 aromatic heterocycles. The van der Waals surface area contributed by atoms with Crippen molar-refractivity contribution in [3.63, 3.8) is 0 Å². The first kappa shape index (κ1) is 15.6. The van der Waals surface area contributed by atoms with Gasteiger partial charge in [0.25, 0.3) is 0 Å². The van der Waals surface area contributed by atoms with Gasteiger partial charge in [-0.15, -0.1) is 0 Å². The summed E-state index contributed by atoms with van der Waals surface area (Å²) >= 11 is 0. The van der Waals surface area contributed by atoms with Crippen LogP contribution in [0.1, 0.15) is 41.5 Å². The Morgan fingerprint density at radius 2 is 1.59 bits per heavy atom. The lowest BCUT2D eigenvalue weighted by atomic mass is 9.94. The lowest BCUT2D eigenvalue weighted by molar-refractivity contribution is -0.129. The van der Waals surface area contributed by atoms with Crippen LogP contribution in [0.25, 0.3) is 10.8 Å². The second-order valence-corrected chi connectivity index (χ2v) is 5.12. The molecule has 0 atom stereocenters. The van der Waals surface area contributed by atoms with Crippen molar-refractivity contribution in [2.24, 2.45) is 0 Å². The van der Waals surface area contributed by atoms with E-state index in [1.165, 1.54) is 13.8 Å². The average Bonchev–Trinajstić information content (AvgIpc) is 2.45. The summed E-state index contributed by atoms with van der Waals surface area (Å²) in [7, 11) is 0. The van der Waals surface area contributed by atoms with Crippen LogP contribution >= 0.6 is 0 Å². The van der Waals surface area contributed by atoms with Crippen LogP contribution in [0, 0.1) is 0 Å². The molecule has 0 aliphatic carbocycles. The van der Waals surface area contributed by atoms with E-state index in [0.29, 0.717) is 27.6 Å². The lowest BCUT2D eigenvalue weighted by Crippen LogP contribution is -2.09. The number of Topliss-reactive ketones (excluding diaryl/α,β-unsaturated/α-hetero) is 2. The summed E-state index contributed by atoms with van der Waals surface area (Å²) < 4.78 is 5.29. The molecule has 112 valence electrons. The van der Waals surface area contributed by atoms with Crippen LogP contribution in [0.2, 0.25) is 0 Å². The smallest absolute Gasteiger partial charge is 0.338 e. The van der Waals surface area contributed by atoms with Crippen LogP contribution in [0.5, 0.6) is 5.75 Å². The average molecular weight is 296 g/mol. The third kappa shape index (κ3) is 2.81. The minimum Gasteiger partial charge on any atom is -0.423 e. The van der Waals surface area contributed by atoms with Gasteiger partial charge in [0.2, 0.25) is 0 Å². The zero-order valence-corrected chi connectivity index (χ0v) is 12.7. The third-order valence-corrected chi connectivity index (χ3v) is 3.30. The maximum absolute atomic E-state index is 12.0. The predicted octanol–water partition coefficient (Wildman–Crippen LogP) is 3.73. The quantitative estimate of drug-likeness (QED) is 0.373. The number of benzene rings is 2. The minimum atomic E-state index is -0.535. The van der Waals surface area contributed by atoms with Crippen LogP contribution in [0.4, 0.5) is 0 Å². The number of hydrogen-bond acceptors (Lipinski definition) is 4. The largest absolute Gasteiger partial charge is 0.423 e. The Balaban J connectivity index is 2.72. The zero-order chi connectivity index (χ0) is 16.4. The molecule has 22 heavy (non-hydrogen) atoms. The molecule has 0 radical (unpaired) electrons. The number of hydrogen-bond donors (Lipinski definition) is 0. The lowest BCUT2D eigenvalue weighted by Gasteiger charge is -2.12. The molecule has 0 aliphatic rings. The number of carbonyl (C=O) groups is 3. The Labute approximate surface area is 128 Å². The predicted molar refractivity (Wildman–Crippen MR) is 84.4 cm³/mol. The van der Waals surface area contributed by atoms with Gasteiger partial charge in [0.1, 0.15) is 5.75 Å². The van der Waals surface area contributed by atoms with Crippen molar-refractivity contribution in [2.75, 3.05) is 0 Å². The van der Waals surface area contributed by atoms with E-state index in [-0.39, 0.29) is 17.1 Å². The Kier molecular flexibility index (Phi) is 4.22. The van der Waals surface area contributed by atoms with Crippen molar-refractivity contribution in [2.45, 2.75) is 20.8 Å². The van der Waals surface area contributed by atoms with E-state index in [1.54, 1.807) is 37.3 Å². The number of ketones is 2. The zero-order valence-electron chi connectivity index (χ0n) is 12.7. The molecule has 4 nitrogen and oxygen atoms in total. The Morgan fingerprint density at radius 3 is 2.14 bits per heavy atom. The second-order valence-electron chi connectivity index (χ2n) is 5.12. The van der Waals surface area contributed by atoms with Crippen LogP contribution in [0.3, 0.4) is 0 Å². The molecular weight excluding hydrogens is 280 g/mol. The van der Waals surface area contributed by atoms with Crippen molar-refractivity contribution in [1.82, 2.24) is 0 Å². The van der Waals surface area contributed by atoms with E-state index >= 15 is 0 Å². The fourth-order valence-electron chi connectivity index (χ4n) is 2.28. The molecular formula is C18H16O4. The Hall–Kier alpha value is -2.75. The summed E-state index contributed by atoms with van der Waals surface area (Å²) in [4.78, 5) is 35.4. The molecule has 2 rings (SSSR count). The third-order valence-electron chi connectivity index (χ3n) is 3.30. The molecule has 4 heteroatoms. The van der Waals surface area contributed by atoms with Gasteiger partial charge < -0.3 is 4.74 Å². The van der Waals surface area contributed by atoms with Crippen molar-refractivity contribution in [3.05, 3.63) is 53.6 Å². The number of rotatable bonds is 4. The first-order chi connectivity index (χ1) is 10.3. The van der Waals surface area contributed by atoms with Crippen molar-refractivity contribution >= 4 is 28.3 Å². The second kappa shape index (κ2) is 5.93. The van der Waals surface area contributed by atoms with E-state index in [4.69, 9.17) is 4.74 Å². The van der Waals surface area contributed by atoms with E-state index < -0.39 is 5.97 Å². The summed E-state index contributed by atoms with van der Waals surface area (Å²) in [5.74, 6) is -0.591. The van der Waals surface area contributed by atoms with Crippen molar-refractivity contribution in [3.8, 4) is 5.75 Å². The first-order valence-electron chi connectivity index (χ1n) is 6.78. The highest BCUT2D eigenvalue weighted by atomic mass is 16.5. The van der Waals surface area contributed by atoms with Gasteiger partial charge in [-0.3, -0.25) is 9.59 Å². The van der Waals surface area contributed by atoms with Gasteiger partial charge in [0, 0.05) is 22.1 Å². The summed E-state index contributed by atoms with van der Waals surface area (Å²) in [6.07, 6.45) is 0. The van der Waals surface area contributed by atoms with Crippen LogP contribution in [-0.2, 0) is 4.79 Å². The minimum absolute atomic E-state index is 0.184. The standard InChI is InChI=1S/C18H16O4/c1-10(2)18(21)22-16-7-5-6-15-14(16)9-8-13(11(3)19)17(15)12(4)20/h5-9H,1H2,2-4H3. The SMILES string of the molecule is C=C(C)C(=O)Oc1cccc2c(C(C)=O)c(C(C)=O)ccc12. The molecule has 0 bridgehead atoms. The highest BCUT2D eigenvalue weighted by Crippen LogP contribution is 2.31. The van der Waals surface area contributed by atoms with Crippen LogP contribution < -0.4 is 4.74 Å². The number of ether oxygens (including phenoxy) is 1. The van der Waals surface area contributed by atoms with E-state index in [9.17, 15) is 14.4 Å². The fraction of sp³-hybridized carbons (Fsp3) is 0.167. The molecule has 0 fully saturated rings. The normalized spacial score (nSPS) is 10.3. The van der Waals surface area contributed by atoms with E-state index in [2.05, 4.69) is 6.58 Å². The molecule has 2 aromatic rings. The maximum Gasteiger partial charge on any atom is 0.338 e. The van der Waals surface area contributed by atoms with Gasteiger partial charge in [-0.1, -0.05) is 18.7 Å². The number of esters is 1. The monoisotopic (exact) mass is 296 g/mol. The summed E-state index contributed by atoms with van der Waals surface area (Å²) in [5, 5.41) is 1.19. The van der Waals surface area contributed by atoms with Gasteiger partial charge in [0.05, 0.1) is 0 Å². The van der Waals surface area contributed by atoms with Crippen molar-refractivity contribution < 1.29 is 19.1 Å². The summed E-state index contributed by atoms with van der Waals surface area (Å²) in [6.45, 7) is 7.92. The molecule has 0 spiro atoms. The van der Waals surface area contributed by atoms with Crippen LogP contribution in [0.15, 0.2) is 42.5 Å². The van der Waals surface area contributed by atoms with Gasteiger partial charge in [-0.25, -0.2) is 4.79 Å². The molecule has 2 aromatic carbocycles. The summed E-state index contributed by atoms with van der Waals surface area (Å²) in [6, 6.07) is 8.32. The molecule has 0 N–H and O–H groups in total. The van der Waals surface area contributed by atoms with Gasteiger partial charge >= 0.3 is 5.97 Å². The fourth-order valence-corrected chi connectivity index (χ4v) is 2.28. The van der Waals surface area contributed by atoms with Crippen molar-refractivity contribution in [1.29, 1.82) is 0 Å². The molecule has 0 amide bonds. The molecule has 0 aliphatic heterocycles. The topological polar surface area (TPSA) is 60.4 Å². The van der Waals surface area contributed by atoms with E-state index in [1.807, 2.05) is 0 Å². The van der Waals surface area contributed by atoms with Crippen LogP contribution in [-0.4, -0.2) is 17.5 Å². The van der Waals surface area contributed by atoms with Gasteiger partial charge in [-0.05, 0) is 44.4 Å². The Bertz CT molecular complexity index is 815.